The highest BCUT2D eigenvalue weighted by molar-refractivity contribution is 7.54. The van der Waals surface area contributed by atoms with E-state index in [1.165, 1.54) is 6.33 Å². The molecule has 0 spiro atoms. The van der Waals surface area contributed by atoms with Crippen molar-refractivity contribution in [1.82, 2.24) is 29.7 Å². The summed E-state index contributed by atoms with van der Waals surface area (Å²) in [5.41, 5.74) is 6.42. The minimum Gasteiger partial charge on any atom is -0.497 e. The number of ether oxygens (including phenoxy) is 3. The highest BCUT2D eigenvalue weighted by Gasteiger charge is 2.33. The normalized spacial score (nSPS) is 13.2. The second kappa shape index (κ2) is 12.8. The number of amides is 1. The van der Waals surface area contributed by atoms with Crippen LogP contribution in [0.15, 0.2) is 36.9 Å². The molecule has 0 saturated heterocycles. The summed E-state index contributed by atoms with van der Waals surface area (Å²) in [5.74, 6) is 0.246. The van der Waals surface area contributed by atoms with E-state index in [0.717, 1.165) is 0 Å². The molecule has 0 bridgehead atoms. The molecule has 13 heteroatoms. The maximum Gasteiger partial charge on any atom is 0.326 e. The molecule has 200 valence electrons. The van der Waals surface area contributed by atoms with Crippen LogP contribution >= 0.6 is 8.22 Å². The van der Waals surface area contributed by atoms with Crippen molar-refractivity contribution >= 4 is 37.1 Å². The topological polar surface area (TPSA) is 156 Å². The number of nitrogens with zero attached hydrogens (tertiary/aromatic N) is 4. The van der Waals surface area contributed by atoms with Gasteiger partial charge in [0.1, 0.15) is 23.1 Å². The van der Waals surface area contributed by atoms with Gasteiger partial charge in [0.2, 0.25) is 0 Å². The van der Waals surface area contributed by atoms with Crippen molar-refractivity contribution in [3.63, 3.8) is 0 Å². The molecule has 0 aliphatic rings. The molecule has 3 aromatic rings. The highest BCUT2D eigenvalue weighted by atomic mass is 31.1. The quantitative estimate of drug-likeness (QED) is 0.221. The molecule has 0 radical (unpaired) electrons. The van der Waals surface area contributed by atoms with E-state index in [9.17, 15) is 9.59 Å². The fourth-order valence-electron chi connectivity index (χ4n) is 3.34. The van der Waals surface area contributed by atoms with E-state index in [2.05, 4.69) is 25.1 Å². The summed E-state index contributed by atoms with van der Waals surface area (Å²) in [5, 5.41) is 6.20. The molecule has 0 aliphatic carbocycles. The molecule has 4 N–H and O–H groups in total. The summed E-state index contributed by atoms with van der Waals surface area (Å²) in [4.78, 5) is 38.1. The lowest BCUT2D eigenvalue weighted by Gasteiger charge is -2.30. The van der Waals surface area contributed by atoms with Gasteiger partial charge in [-0.05, 0) is 51.5 Å². The number of hydrogen-bond acceptors (Lipinski definition) is 10. The standard InChI is InChI=1S/C24H34N7O5P/c1-6-11-35-23(33)24(3,4)30-37(29-22(32)17-7-9-18(34-5)10-8-17)15-36-16(2)12-31-14-28-19-20(25)26-13-27-21(19)31/h7-10,13-14,16,30H,6,11-12,15H2,1-5H3,(H,29,32)(H2,25,26,27)/t16-,37?/m1/s1. The van der Waals surface area contributed by atoms with Gasteiger partial charge in [0, 0.05) is 5.56 Å². The maximum atomic E-state index is 13.0. The number of carbonyl (C=O) groups excluding carboxylic acids is 2. The lowest BCUT2D eigenvalue weighted by atomic mass is 10.1. The van der Waals surface area contributed by atoms with Gasteiger partial charge in [-0.2, -0.15) is 0 Å². The second-order valence-electron chi connectivity index (χ2n) is 8.90. The number of anilines is 1. The van der Waals surface area contributed by atoms with E-state index in [-0.39, 0.29) is 18.4 Å². The average molecular weight is 532 g/mol. The number of nitrogen functional groups attached to an aromatic ring is 1. The number of esters is 1. The SMILES string of the molecule is CCCOC(=O)C(C)(C)NP(CO[C@H](C)Cn1cnc2c(N)ncnc21)NC(=O)c1ccc(OC)cc1. The smallest absolute Gasteiger partial charge is 0.326 e. The van der Waals surface area contributed by atoms with E-state index in [0.29, 0.717) is 47.9 Å². The molecule has 3 rings (SSSR count). The van der Waals surface area contributed by atoms with Crippen molar-refractivity contribution < 1.29 is 23.8 Å². The number of nitrogens with two attached hydrogens (primary N) is 1. The van der Waals surface area contributed by atoms with Gasteiger partial charge < -0.3 is 29.6 Å². The van der Waals surface area contributed by atoms with Gasteiger partial charge >= 0.3 is 5.97 Å². The number of rotatable bonds is 13. The summed E-state index contributed by atoms with van der Waals surface area (Å²) in [6.07, 6.45) is 3.61. The third-order valence-electron chi connectivity index (χ3n) is 5.32. The van der Waals surface area contributed by atoms with Gasteiger partial charge in [0.25, 0.3) is 5.91 Å². The van der Waals surface area contributed by atoms with Crippen molar-refractivity contribution in [2.24, 2.45) is 0 Å². The minimum atomic E-state index is -1.48. The molecule has 2 atom stereocenters. The van der Waals surface area contributed by atoms with E-state index in [4.69, 9.17) is 19.9 Å². The molecule has 2 heterocycles. The Balaban J connectivity index is 1.69. The fraction of sp³-hybridized carbons (Fsp3) is 0.458. The van der Waals surface area contributed by atoms with E-state index >= 15 is 0 Å². The van der Waals surface area contributed by atoms with Crippen LogP contribution in [0.1, 0.15) is 44.5 Å². The van der Waals surface area contributed by atoms with Crippen molar-refractivity contribution in [3.8, 4) is 5.75 Å². The predicted molar refractivity (Wildman–Crippen MR) is 141 cm³/mol. The zero-order chi connectivity index (χ0) is 27.0. The molecular formula is C24H34N7O5P. The van der Waals surface area contributed by atoms with Crippen LogP contribution in [-0.2, 0) is 20.8 Å². The number of benzene rings is 1. The van der Waals surface area contributed by atoms with Crippen LogP contribution < -0.4 is 20.6 Å². The molecule has 0 aliphatic heterocycles. The Morgan fingerprint density at radius 3 is 2.59 bits per heavy atom. The summed E-state index contributed by atoms with van der Waals surface area (Å²) in [6.45, 7) is 8.02. The zero-order valence-electron chi connectivity index (χ0n) is 21.7. The van der Waals surface area contributed by atoms with Crippen molar-refractivity contribution in [3.05, 3.63) is 42.5 Å². The Morgan fingerprint density at radius 2 is 1.92 bits per heavy atom. The molecular weight excluding hydrogens is 497 g/mol. The Morgan fingerprint density at radius 1 is 1.19 bits per heavy atom. The predicted octanol–water partition coefficient (Wildman–Crippen LogP) is 2.84. The van der Waals surface area contributed by atoms with Crippen LogP contribution in [0.2, 0.25) is 0 Å². The average Bonchev–Trinajstić information content (AvgIpc) is 3.29. The van der Waals surface area contributed by atoms with Gasteiger partial charge in [-0.3, -0.25) is 14.7 Å². The molecule has 37 heavy (non-hydrogen) atoms. The number of nitrogens with one attached hydrogen (secondary N) is 2. The van der Waals surface area contributed by atoms with Crippen LogP contribution in [0, 0.1) is 0 Å². The molecule has 1 aromatic carbocycles. The first-order valence-electron chi connectivity index (χ1n) is 11.8. The van der Waals surface area contributed by atoms with Crippen molar-refractivity contribution in [2.75, 3.05) is 25.8 Å². The number of hydrogen-bond donors (Lipinski definition) is 3. The van der Waals surface area contributed by atoms with E-state index in [1.807, 2.05) is 18.4 Å². The number of fused-ring (bicyclic) bond motifs is 1. The number of imidazole rings is 1. The monoisotopic (exact) mass is 531 g/mol. The van der Waals surface area contributed by atoms with Crippen LogP contribution in [-0.4, -0.2) is 63.1 Å². The second-order valence-corrected chi connectivity index (χ2v) is 10.5. The van der Waals surface area contributed by atoms with Crippen molar-refractivity contribution in [1.29, 1.82) is 0 Å². The number of methoxy groups -OCH3 is 1. The van der Waals surface area contributed by atoms with Crippen molar-refractivity contribution in [2.45, 2.75) is 52.3 Å². The van der Waals surface area contributed by atoms with Gasteiger partial charge in [0.15, 0.2) is 11.5 Å². The summed E-state index contributed by atoms with van der Waals surface area (Å²) in [7, 11) is 0.0803. The first-order chi connectivity index (χ1) is 17.6. The number of carbonyl (C=O) groups is 2. The lowest BCUT2D eigenvalue weighted by molar-refractivity contribution is -0.149. The lowest BCUT2D eigenvalue weighted by Crippen LogP contribution is -2.48. The highest BCUT2D eigenvalue weighted by Crippen LogP contribution is 2.31. The van der Waals surface area contributed by atoms with Gasteiger partial charge in [-0.25, -0.2) is 15.0 Å². The van der Waals surface area contributed by atoms with Crippen LogP contribution in [0.25, 0.3) is 11.2 Å². The van der Waals surface area contributed by atoms with Crippen LogP contribution in [0.3, 0.4) is 0 Å². The van der Waals surface area contributed by atoms with Gasteiger partial charge in [-0.1, -0.05) is 6.92 Å². The summed E-state index contributed by atoms with van der Waals surface area (Å²) < 4.78 is 18.4. The Hall–Kier alpha value is -3.34. The van der Waals surface area contributed by atoms with E-state index < -0.39 is 19.7 Å². The zero-order valence-corrected chi connectivity index (χ0v) is 22.6. The summed E-state index contributed by atoms with van der Waals surface area (Å²) >= 11 is 0. The first-order valence-corrected chi connectivity index (χ1v) is 13.4. The third kappa shape index (κ3) is 7.58. The van der Waals surface area contributed by atoms with Crippen LogP contribution in [0.5, 0.6) is 5.75 Å². The van der Waals surface area contributed by atoms with Gasteiger partial charge in [0.05, 0.1) is 47.3 Å². The fourth-order valence-corrected chi connectivity index (χ4v) is 5.07. The molecule has 0 saturated carbocycles. The van der Waals surface area contributed by atoms with E-state index in [1.54, 1.807) is 51.6 Å². The molecule has 2 aromatic heterocycles. The van der Waals surface area contributed by atoms with Crippen LogP contribution in [0.4, 0.5) is 5.82 Å². The molecule has 12 nitrogen and oxygen atoms in total. The molecule has 0 fully saturated rings. The Labute approximate surface area is 217 Å². The number of aromatic nitrogens is 4. The molecule has 1 unspecified atom stereocenters. The first kappa shape index (κ1) is 28.2. The minimum absolute atomic E-state index is 0.145. The third-order valence-corrected chi connectivity index (χ3v) is 7.03. The molecule has 1 amide bonds. The largest absolute Gasteiger partial charge is 0.497 e. The maximum absolute atomic E-state index is 13.0. The Kier molecular flexibility index (Phi) is 9.73. The summed E-state index contributed by atoms with van der Waals surface area (Å²) in [6, 6.07) is 6.76. The Bertz CT molecular complexity index is 1200. The van der Waals surface area contributed by atoms with Gasteiger partial charge in [-0.15, -0.1) is 0 Å².